The quantitative estimate of drug-likeness (QED) is 0.259. The van der Waals surface area contributed by atoms with Crippen molar-refractivity contribution in [3.63, 3.8) is 0 Å². The van der Waals surface area contributed by atoms with Crippen LogP contribution in [0.15, 0.2) is 39.1 Å². The molecule has 0 spiro atoms. The number of thiazole rings is 1. The molecule has 1 aromatic carbocycles. The van der Waals surface area contributed by atoms with Crippen molar-refractivity contribution >= 4 is 46.2 Å². The van der Waals surface area contributed by atoms with E-state index >= 15 is 0 Å². The molecule has 42 heavy (non-hydrogen) atoms. The van der Waals surface area contributed by atoms with Crippen LogP contribution in [0.3, 0.4) is 0 Å². The third kappa shape index (κ3) is 7.31. The highest BCUT2D eigenvalue weighted by Gasteiger charge is 2.52. The predicted octanol–water partition coefficient (Wildman–Crippen LogP) is 2.73. The minimum absolute atomic E-state index is 0.245. The second-order valence-corrected chi connectivity index (χ2v) is 10.5. The summed E-state index contributed by atoms with van der Waals surface area (Å²) in [5.74, 6) is -2.51. The summed E-state index contributed by atoms with van der Waals surface area (Å²) in [7, 11) is 0. The Morgan fingerprint density at radius 2 is 1.50 bits per heavy atom. The Kier molecular flexibility index (Phi) is 9.58. The maximum absolute atomic E-state index is 13.1. The van der Waals surface area contributed by atoms with Gasteiger partial charge in [-0.3, -0.25) is 24.0 Å². The fourth-order valence-electron chi connectivity index (χ4n) is 4.49. The molecule has 0 bridgehead atoms. The molecule has 1 saturated heterocycles. The zero-order chi connectivity index (χ0) is 30.6. The normalized spacial score (nSPS) is 21.8. The van der Waals surface area contributed by atoms with Crippen molar-refractivity contribution in [3.05, 3.63) is 45.1 Å². The number of aromatic nitrogens is 1. The largest absolute Gasteiger partial charge is 0.491 e. The van der Waals surface area contributed by atoms with Crippen molar-refractivity contribution in [3.8, 4) is 17.0 Å². The van der Waals surface area contributed by atoms with Gasteiger partial charge >= 0.3 is 23.9 Å². The van der Waals surface area contributed by atoms with Gasteiger partial charge < -0.3 is 32.8 Å². The van der Waals surface area contributed by atoms with Crippen LogP contribution in [0.4, 0.5) is 0 Å². The van der Waals surface area contributed by atoms with Crippen molar-refractivity contribution in [1.29, 1.82) is 0 Å². The number of ether oxygens (including phenoxy) is 6. The first-order valence-corrected chi connectivity index (χ1v) is 13.7. The summed E-state index contributed by atoms with van der Waals surface area (Å²) in [5.41, 5.74) is 0.859. The van der Waals surface area contributed by atoms with E-state index < -0.39 is 54.4 Å². The topological polar surface area (TPSA) is 167 Å². The number of carbonyl (C=O) groups is 4. The number of nitrogens with zero attached hydrogens (tertiary/aromatic N) is 1. The molecule has 2 aromatic heterocycles. The van der Waals surface area contributed by atoms with Crippen LogP contribution in [0, 0.1) is 6.92 Å². The number of esters is 4. The molecule has 0 amide bonds. The lowest BCUT2D eigenvalue weighted by atomic mass is 9.94. The van der Waals surface area contributed by atoms with Gasteiger partial charge in [0, 0.05) is 39.1 Å². The highest BCUT2D eigenvalue weighted by Crippen LogP contribution is 2.31. The summed E-state index contributed by atoms with van der Waals surface area (Å²) < 4.78 is 39.0. The summed E-state index contributed by atoms with van der Waals surface area (Å²) in [6.07, 6.45) is -4.65. The average molecular weight is 604 g/mol. The molecule has 0 unspecified atom stereocenters. The molecule has 5 atom stereocenters. The molecular formula is C28H29NO12S. The van der Waals surface area contributed by atoms with Gasteiger partial charge in [-0.25, -0.2) is 4.98 Å². The average Bonchev–Trinajstić information content (AvgIpc) is 3.34. The van der Waals surface area contributed by atoms with E-state index in [4.69, 9.17) is 32.8 Å². The zero-order valence-electron chi connectivity index (χ0n) is 23.4. The zero-order valence-corrected chi connectivity index (χ0v) is 24.3. The van der Waals surface area contributed by atoms with Gasteiger partial charge in [-0.05, 0) is 19.1 Å². The molecule has 14 heteroatoms. The van der Waals surface area contributed by atoms with Crippen LogP contribution in [-0.4, -0.2) is 72.6 Å². The predicted molar refractivity (Wildman–Crippen MR) is 146 cm³/mol. The number of hydrogen-bond acceptors (Lipinski definition) is 14. The number of benzene rings is 1. The van der Waals surface area contributed by atoms with Crippen molar-refractivity contribution in [2.75, 3.05) is 13.2 Å². The van der Waals surface area contributed by atoms with E-state index in [0.29, 0.717) is 16.6 Å². The molecule has 0 radical (unpaired) electrons. The number of rotatable bonds is 9. The van der Waals surface area contributed by atoms with Gasteiger partial charge in [0.25, 0.3) is 0 Å². The second-order valence-electron chi connectivity index (χ2n) is 9.44. The number of hydrogen-bond donors (Lipinski definition) is 0. The van der Waals surface area contributed by atoms with Gasteiger partial charge in [0.1, 0.15) is 43.0 Å². The molecule has 4 rings (SSSR count). The lowest BCUT2D eigenvalue weighted by molar-refractivity contribution is -0.255. The van der Waals surface area contributed by atoms with E-state index in [1.165, 1.54) is 30.6 Å². The summed E-state index contributed by atoms with van der Waals surface area (Å²) >= 11 is 1.42. The third-order valence-electron chi connectivity index (χ3n) is 6.14. The first-order chi connectivity index (χ1) is 19.9. The van der Waals surface area contributed by atoms with Gasteiger partial charge in [0.05, 0.1) is 21.7 Å². The summed E-state index contributed by atoms with van der Waals surface area (Å²) in [5, 5.41) is 2.91. The molecule has 1 aliphatic rings. The smallest absolute Gasteiger partial charge is 0.303 e. The van der Waals surface area contributed by atoms with E-state index in [1.807, 2.05) is 6.92 Å². The van der Waals surface area contributed by atoms with Gasteiger partial charge in [-0.15, -0.1) is 11.3 Å². The van der Waals surface area contributed by atoms with Crippen LogP contribution in [0.25, 0.3) is 22.2 Å². The molecular weight excluding hydrogens is 574 g/mol. The standard InChI is InChI=1S/C28H29NO12S/c1-13-29-21(12-42-13)20-9-37-22-8-18(6-7-19(22)25(20)34)36-11-24-27(39-16(4)32)28(40-17(5)33)26(38-15(3)31)23(41-24)10-35-14(2)30/h6-9,12,23-24,26-28H,10-11H2,1-5H3/t23-,24+,26-,27-,28+/m0/s1. The lowest BCUT2D eigenvalue weighted by Crippen LogP contribution is -2.63. The minimum atomic E-state index is -1.30. The Labute approximate surface area is 243 Å². The molecule has 3 aromatic rings. The summed E-state index contributed by atoms with van der Waals surface area (Å²) in [6, 6.07) is 4.62. The lowest BCUT2D eigenvalue weighted by Gasteiger charge is -2.44. The Balaban J connectivity index is 1.61. The molecule has 0 aliphatic carbocycles. The van der Waals surface area contributed by atoms with Gasteiger partial charge in [0.15, 0.2) is 18.3 Å². The van der Waals surface area contributed by atoms with E-state index in [9.17, 15) is 24.0 Å². The second kappa shape index (κ2) is 13.1. The van der Waals surface area contributed by atoms with Crippen LogP contribution >= 0.6 is 11.3 Å². The van der Waals surface area contributed by atoms with Crippen LogP contribution < -0.4 is 10.2 Å². The highest BCUT2D eigenvalue weighted by atomic mass is 32.1. The minimum Gasteiger partial charge on any atom is -0.491 e. The maximum atomic E-state index is 13.1. The van der Waals surface area contributed by atoms with E-state index in [1.54, 1.807) is 17.5 Å². The van der Waals surface area contributed by atoms with Gasteiger partial charge in [-0.1, -0.05) is 0 Å². The van der Waals surface area contributed by atoms with Crippen molar-refractivity contribution < 1.29 is 52.0 Å². The summed E-state index contributed by atoms with van der Waals surface area (Å²) in [4.78, 5) is 64.8. The van der Waals surface area contributed by atoms with E-state index in [2.05, 4.69) is 4.98 Å². The molecule has 1 aliphatic heterocycles. The molecule has 224 valence electrons. The Bertz CT molecular complexity index is 1550. The number of aryl methyl sites for hydroxylation is 1. The van der Waals surface area contributed by atoms with Crippen LogP contribution in [0.2, 0.25) is 0 Å². The fourth-order valence-corrected chi connectivity index (χ4v) is 5.11. The van der Waals surface area contributed by atoms with Crippen LogP contribution in [-0.2, 0) is 42.9 Å². The molecule has 3 heterocycles. The highest BCUT2D eigenvalue weighted by molar-refractivity contribution is 7.09. The van der Waals surface area contributed by atoms with E-state index in [-0.39, 0.29) is 30.0 Å². The number of carbonyl (C=O) groups excluding carboxylic acids is 4. The molecule has 0 saturated carbocycles. The molecule has 1 fully saturated rings. The molecule has 0 N–H and O–H groups in total. The van der Waals surface area contributed by atoms with Crippen molar-refractivity contribution in [2.24, 2.45) is 0 Å². The maximum Gasteiger partial charge on any atom is 0.303 e. The van der Waals surface area contributed by atoms with Crippen molar-refractivity contribution in [2.45, 2.75) is 65.1 Å². The molecule has 13 nitrogen and oxygen atoms in total. The Morgan fingerprint density at radius 1 is 0.881 bits per heavy atom. The Hall–Kier alpha value is -4.30. The van der Waals surface area contributed by atoms with Gasteiger partial charge in [-0.2, -0.15) is 0 Å². The van der Waals surface area contributed by atoms with Crippen molar-refractivity contribution in [1.82, 2.24) is 4.98 Å². The van der Waals surface area contributed by atoms with E-state index in [0.717, 1.165) is 25.8 Å². The fraction of sp³-hybridized carbons (Fsp3) is 0.429. The number of fused-ring (bicyclic) bond motifs is 1. The first-order valence-electron chi connectivity index (χ1n) is 12.8. The Morgan fingerprint density at radius 3 is 2.07 bits per heavy atom. The first kappa shape index (κ1) is 30.7. The SMILES string of the molecule is CC(=O)OC[C@@H]1O[C@H](COc2ccc3c(=O)c(-c4csc(C)n4)coc3c2)[C@H](OC(C)=O)[C@H](OC(C)=O)[C@H]1OC(C)=O. The van der Waals surface area contributed by atoms with Crippen LogP contribution in [0.5, 0.6) is 5.75 Å². The van der Waals surface area contributed by atoms with Crippen LogP contribution in [0.1, 0.15) is 32.7 Å². The summed E-state index contributed by atoms with van der Waals surface area (Å²) in [6.45, 7) is 5.87. The van der Waals surface area contributed by atoms with Gasteiger partial charge in [0.2, 0.25) is 5.43 Å². The third-order valence-corrected chi connectivity index (χ3v) is 6.92. The monoisotopic (exact) mass is 603 g/mol.